The molecule has 114 valence electrons. The summed E-state index contributed by atoms with van der Waals surface area (Å²) in [6.07, 6.45) is 1.46. The Morgan fingerprint density at radius 3 is 2.82 bits per heavy atom. The Morgan fingerprint density at radius 1 is 1.36 bits per heavy atom. The van der Waals surface area contributed by atoms with E-state index in [1.165, 1.54) is 31.5 Å². The van der Waals surface area contributed by atoms with Crippen LogP contribution in [0.3, 0.4) is 0 Å². The molecule has 0 heterocycles. The predicted molar refractivity (Wildman–Crippen MR) is 85.6 cm³/mol. The van der Waals surface area contributed by atoms with Gasteiger partial charge in [0.1, 0.15) is 11.5 Å². The van der Waals surface area contributed by atoms with Gasteiger partial charge in [-0.2, -0.15) is 5.10 Å². The number of hydrazone groups is 1. The lowest BCUT2D eigenvalue weighted by atomic mass is 10.2. The summed E-state index contributed by atoms with van der Waals surface area (Å²) in [6, 6.07) is 9.26. The molecular weight excluding hydrogens is 306 g/mol. The van der Waals surface area contributed by atoms with E-state index < -0.39 is 5.91 Å². The smallest absolute Gasteiger partial charge is 0.271 e. The van der Waals surface area contributed by atoms with Gasteiger partial charge in [-0.25, -0.2) is 5.43 Å². The Labute approximate surface area is 132 Å². The number of halogens is 1. The van der Waals surface area contributed by atoms with Crippen LogP contribution in [0.4, 0.5) is 5.69 Å². The maximum atomic E-state index is 11.9. The number of nitrogen functional groups attached to an aromatic ring is 1. The quantitative estimate of drug-likeness (QED) is 0.458. The van der Waals surface area contributed by atoms with E-state index in [0.29, 0.717) is 11.4 Å². The number of amides is 1. The fraction of sp³-hybridized carbons (Fsp3) is 0.0667. The Morgan fingerprint density at radius 2 is 2.14 bits per heavy atom. The molecule has 0 saturated heterocycles. The van der Waals surface area contributed by atoms with Crippen LogP contribution in [0.5, 0.6) is 11.5 Å². The van der Waals surface area contributed by atoms with Gasteiger partial charge < -0.3 is 15.6 Å². The molecule has 4 N–H and O–H groups in total. The van der Waals surface area contributed by atoms with Gasteiger partial charge in [-0.15, -0.1) is 0 Å². The summed E-state index contributed by atoms with van der Waals surface area (Å²) >= 11 is 5.74. The number of aromatic hydroxyl groups is 1. The zero-order valence-electron chi connectivity index (χ0n) is 11.7. The summed E-state index contributed by atoms with van der Waals surface area (Å²) in [5.41, 5.74) is 9.59. The van der Waals surface area contributed by atoms with Crippen molar-refractivity contribution in [1.29, 1.82) is 0 Å². The van der Waals surface area contributed by atoms with E-state index in [1.54, 1.807) is 18.2 Å². The number of nitrogens with two attached hydrogens (primary N) is 1. The zero-order chi connectivity index (χ0) is 16.1. The van der Waals surface area contributed by atoms with Crippen molar-refractivity contribution in [3.8, 4) is 11.5 Å². The van der Waals surface area contributed by atoms with Crippen molar-refractivity contribution >= 4 is 29.4 Å². The number of hydrogen-bond acceptors (Lipinski definition) is 5. The molecule has 0 aliphatic heterocycles. The van der Waals surface area contributed by atoms with Crippen LogP contribution in [0, 0.1) is 0 Å². The van der Waals surface area contributed by atoms with Crippen molar-refractivity contribution in [3.05, 3.63) is 52.5 Å². The van der Waals surface area contributed by atoms with Gasteiger partial charge in [-0.3, -0.25) is 4.79 Å². The Kier molecular flexibility index (Phi) is 4.85. The molecule has 0 bridgehead atoms. The van der Waals surface area contributed by atoms with E-state index >= 15 is 0 Å². The summed E-state index contributed by atoms with van der Waals surface area (Å²) in [4.78, 5) is 11.9. The third kappa shape index (κ3) is 3.67. The third-order valence-corrected chi connectivity index (χ3v) is 3.15. The second-order valence-corrected chi connectivity index (χ2v) is 4.77. The maximum Gasteiger partial charge on any atom is 0.271 e. The topological polar surface area (TPSA) is 96.9 Å². The highest BCUT2D eigenvalue weighted by Crippen LogP contribution is 2.23. The van der Waals surface area contributed by atoms with Crippen LogP contribution in [0.25, 0.3) is 0 Å². The molecule has 2 aromatic rings. The van der Waals surface area contributed by atoms with E-state index in [-0.39, 0.29) is 16.3 Å². The monoisotopic (exact) mass is 319 g/mol. The summed E-state index contributed by atoms with van der Waals surface area (Å²) in [5, 5.41) is 13.3. The van der Waals surface area contributed by atoms with Crippen LogP contribution < -0.4 is 15.9 Å². The highest BCUT2D eigenvalue weighted by molar-refractivity contribution is 6.32. The van der Waals surface area contributed by atoms with Crippen LogP contribution in [0.2, 0.25) is 5.02 Å². The minimum atomic E-state index is -0.444. The van der Waals surface area contributed by atoms with E-state index in [9.17, 15) is 9.90 Å². The normalized spacial score (nSPS) is 10.6. The number of methoxy groups -OCH3 is 1. The van der Waals surface area contributed by atoms with Crippen LogP contribution in [-0.2, 0) is 0 Å². The molecule has 2 aromatic carbocycles. The van der Waals surface area contributed by atoms with Gasteiger partial charge in [0.2, 0.25) is 0 Å². The number of carbonyl (C=O) groups excluding carboxylic acids is 1. The molecule has 6 nitrogen and oxygen atoms in total. The van der Waals surface area contributed by atoms with Crippen molar-refractivity contribution < 1.29 is 14.6 Å². The molecule has 0 aliphatic carbocycles. The average molecular weight is 320 g/mol. The molecule has 22 heavy (non-hydrogen) atoms. The number of nitrogens with zero attached hydrogens (tertiary/aromatic N) is 1. The number of phenolic OH excluding ortho intramolecular Hbond substituents is 1. The van der Waals surface area contributed by atoms with Gasteiger partial charge in [0.15, 0.2) is 0 Å². The number of hydrogen-bond donors (Lipinski definition) is 3. The lowest BCUT2D eigenvalue weighted by molar-refractivity contribution is 0.0955. The molecule has 0 radical (unpaired) electrons. The number of anilines is 1. The number of nitrogens with one attached hydrogen (secondary N) is 1. The minimum absolute atomic E-state index is 0.0873. The molecule has 0 spiro atoms. The standard InChI is InChI=1S/C15H14ClN3O3/c1-22-14-6-9(2-4-12(14)17)8-18-19-15(21)10-3-5-13(20)11(16)7-10/h2-8,20H,17H2,1H3,(H,19,21). The Bertz CT molecular complexity index is 732. The van der Waals surface area contributed by atoms with Crippen LogP contribution in [-0.4, -0.2) is 24.3 Å². The van der Waals surface area contributed by atoms with Crippen molar-refractivity contribution in [2.24, 2.45) is 5.10 Å². The first-order chi connectivity index (χ1) is 10.5. The molecule has 1 amide bonds. The van der Waals surface area contributed by atoms with Crippen molar-refractivity contribution in [2.75, 3.05) is 12.8 Å². The van der Waals surface area contributed by atoms with E-state index in [2.05, 4.69) is 10.5 Å². The summed E-state index contributed by atoms with van der Waals surface area (Å²) in [7, 11) is 1.52. The van der Waals surface area contributed by atoms with Crippen molar-refractivity contribution in [2.45, 2.75) is 0 Å². The highest BCUT2D eigenvalue weighted by atomic mass is 35.5. The Hall–Kier alpha value is -2.73. The van der Waals surface area contributed by atoms with Crippen LogP contribution in [0.15, 0.2) is 41.5 Å². The molecule has 0 aromatic heterocycles. The molecule has 2 rings (SSSR count). The first-order valence-electron chi connectivity index (χ1n) is 6.26. The van der Waals surface area contributed by atoms with Gasteiger partial charge in [-0.1, -0.05) is 17.7 Å². The number of ether oxygens (including phenoxy) is 1. The second-order valence-electron chi connectivity index (χ2n) is 4.37. The van der Waals surface area contributed by atoms with E-state index in [4.69, 9.17) is 22.1 Å². The third-order valence-electron chi connectivity index (χ3n) is 2.85. The first-order valence-corrected chi connectivity index (χ1v) is 6.64. The summed E-state index contributed by atoms with van der Waals surface area (Å²) < 4.78 is 5.09. The van der Waals surface area contributed by atoms with Crippen molar-refractivity contribution in [1.82, 2.24) is 5.43 Å². The maximum absolute atomic E-state index is 11.9. The van der Waals surface area contributed by atoms with E-state index in [0.717, 1.165) is 5.56 Å². The number of phenols is 1. The lowest BCUT2D eigenvalue weighted by Crippen LogP contribution is -2.17. The van der Waals surface area contributed by atoms with E-state index in [1.807, 2.05) is 0 Å². The largest absolute Gasteiger partial charge is 0.506 e. The minimum Gasteiger partial charge on any atom is -0.506 e. The molecule has 0 saturated carbocycles. The van der Waals surface area contributed by atoms with Crippen molar-refractivity contribution in [3.63, 3.8) is 0 Å². The lowest BCUT2D eigenvalue weighted by Gasteiger charge is -2.04. The zero-order valence-corrected chi connectivity index (χ0v) is 12.5. The summed E-state index contributed by atoms with van der Waals surface area (Å²) in [5.74, 6) is -0.00293. The first kappa shape index (κ1) is 15.7. The number of benzene rings is 2. The van der Waals surface area contributed by atoms with Crippen LogP contribution in [0.1, 0.15) is 15.9 Å². The van der Waals surface area contributed by atoms with Gasteiger partial charge in [0.25, 0.3) is 5.91 Å². The fourth-order valence-corrected chi connectivity index (χ4v) is 1.87. The molecule has 0 unspecified atom stereocenters. The van der Waals surface area contributed by atoms with Gasteiger partial charge in [0, 0.05) is 5.56 Å². The molecule has 0 aliphatic rings. The van der Waals surface area contributed by atoms with Crippen LogP contribution >= 0.6 is 11.6 Å². The molecule has 7 heteroatoms. The van der Waals surface area contributed by atoms with Gasteiger partial charge in [-0.05, 0) is 35.9 Å². The summed E-state index contributed by atoms with van der Waals surface area (Å²) in [6.45, 7) is 0. The SMILES string of the molecule is COc1cc(C=NNC(=O)c2ccc(O)c(Cl)c2)ccc1N. The molecule has 0 fully saturated rings. The Balaban J connectivity index is 2.05. The molecule has 0 atom stereocenters. The molecular formula is C15H14ClN3O3. The average Bonchev–Trinajstić information content (AvgIpc) is 2.51. The number of carbonyl (C=O) groups is 1. The number of rotatable bonds is 4. The predicted octanol–water partition coefficient (Wildman–Crippen LogP) is 2.40. The highest BCUT2D eigenvalue weighted by Gasteiger charge is 2.07. The fourth-order valence-electron chi connectivity index (χ4n) is 1.69. The van der Waals surface area contributed by atoms with Gasteiger partial charge >= 0.3 is 0 Å². The van der Waals surface area contributed by atoms with Gasteiger partial charge in [0.05, 0.1) is 24.0 Å². The second kappa shape index (κ2) is 6.82.